The first-order chi connectivity index (χ1) is 18.5. The van der Waals surface area contributed by atoms with Crippen LogP contribution in [0.4, 0.5) is 10.2 Å². The topological polar surface area (TPSA) is 66.4 Å². The highest BCUT2D eigenvalue weighted by Gasteiger charge is 2.34. The highest BCUT2D eigenvalue weighted by molar-refractivity contribution is 5.99. The SMILES string of the molecule is Cc1ccc2cccc(-c3ncc4c(N5C[C@H]6CC[C@@H](C5)N6)nc(OCC5CCCN5C)nc4c3F)c2c1. The van der Waals surface area contributed by atoms with Crippen molar-refractivity contribution >= 4 is 27.5 Å². The van der Waals surface area contributed by atoms with Crippen molar-refractivity contribution in [1.29, 1.82) is 0 Å². The minimum Gasteiger partial charge on any atom is -0.462 e. The molecule has 2 aromatic heterocycles. The van der Waals surface area contributed by atoms with Crippen molar-refractivity contribution in [3.63, 3.8) is 0 Å². The van der Waals surface area contributed by atoms with Gasteiger partial charge in [-0.1, -0.05) is 42.0 Å². The first kappa shape index (κ1) is 23.7. The van der Waals surface area contributed by atoms with Gasteiger partial charge in [-0.05, 0) is 57.0 Å². The second kappa shape index (κ2) is 9.43. The van der Waals surface area contributed by atoms with E-state index in [0.29, 0.717) is 35.8 Å². The molecule has 7 rings (SSSR count). The van der Waals surface area contributed by atoms with Crippen LogP contribution in [0.2, 0.25) is 0 Å². The van der Waals surface area contributed by atoms with Crippen LogP contribution in [0.1, 0.15) is 31.2 Å². The molecule has 0 amide bonds. The Kier molecular flexibility index (Phi) is 5.89. The minimum atomic E-state index is -0.430. The summed E-state index contributed by atoms with van der Waals surface area (Å²) in [6.07, 6.45) is 6.29. The van der Waals surface area contributed by atoms with Crippen molar-refractivity contribution in [2.75, 3.05) is 38.2 Å². The molecule has 7 nitrogen and oxygen atoms in total. The number of likely N-dealkylation sites (tertiary alicyclic amines) is 1. The van der Waals surface area contributed by atoms with Crippen molar-refractivity contribution in [1.82, 2.24) is 25.2 Å². The normalized spacial score (nSPS) is 23.6. The Labute approximate surface area is 222 Å². The van der Waals surface area contributed by atoms with Crippen LogP contribution in [0.15, 0.2) is 42.6 Å². The number of hydrogen-bond acceptors (Lipinski definition) is 7. The van der Waals surface area contributed by atoms with Gasteiger partial charge in [-0.3, -0.25) is 4.98 Å². The number of rotatable bonds is 5. The summed E-state index contributed by atoms with van der Waals surface area (Å²) >= 11 is 0. The van der Waals surface area contributed by atoms with Crippen LogP contribution >= 0.6 is 0 Å². The molecule has 1 N–H and O–H groups in total. The Bertz CT molecular complexity index is 1510. The monoisotopic (exact) mass is 512 g/mol. The van der Waals surface area contributed by atoms with Crippen molar-refractivity contribution in [3.05, 3.63) is 54.0 Å². The van der Waals surface area contributed by atoms with E-state index < -0.39 is 5.82 Å². The Morgan fingerprint density at radius 2 is 1.89 bits per heavy atom. The summed E-state index contributed by atoms with van der Waals surface area (Å²) < 4.78 is 22.6. The van der Waals surface area contributed by atoms with Gasteiger partial charge in [-0.2, -0.15) is 9.97 Å². The molecule has 3 aliphatic heterocycles. The molecule has 0 aliphatic carbocycles. The third-order valence-electron chi connectivity index (χ3n) is 8.53. The number of halogens is 1. The fraction of sp³-hybridized carbons (Fsp3) is 0.433. The molecular formula is C30H33FN6O. The van der Waals surface area contributed by atoms with Crippen LogP contribution in [-0.4, -0.2) is 71.3 Å². The van der Waals surface area contributed by atoms with E-state index in [2.05, 4.69) is 50.3 Å². The van der Waals surface area contributed by atoms with Crippen LogP contribution in [0.5, 0.6) is 6.01 Å². The maximum absolute atomic E-state index is 16.4. The third-order valence-corrected chi connectivity index (χ3v) is 8.53. The van der Waals surface area contributed by atoms with Crippen molar-refractivity contribution < 1.29 is 9.13 Å². The molecule has 0 radical (unpaired) electrons. The van der Waals surface area contributed by atoms with Crippen LogP contribution in [-0.2, 0) is 0 Å². The molecule has 2 aromatic carbocycles. The van der Waals surface area contributed by atoms with E-state index in [4.69, 9.17) is 9.72 Å². The molecule has 3 fully saturated rings. The van der Waals surface area contributed by atoms with Crippen LogP contribution in [0.25, 0.3) is 32.9 Å². The minimum absolute atomic E-state index is 0.239. The van der Waals surface area contributed by atoms with E-state index in [0.717, 1.165) is 73.0 Å². The average molecular weight is 513 g/mol. The zero-order chi connectivity index (χ0) is 25.8. The number of aromatic nitrogens is 3. The Morgan fingerprint density at radius 3 is 2.68 bits per heavy atom. The number of ether oxygens (including phenoxy) is 1. The predicted octanol–water partition coefficient (Wildman–Crippen LogP) is 4.71. The molecule has 38 heavy (non-hydrogen) atoms. The molecule has 8 heteroatoms. The number of pyridine rings is 1. The van der Waals surface area contributed by atoms with E-state index in [1.807, 2.05) is 25.1 Å². The Hall–Kier alpha value is -3.36. The molecule has 5 heterocycles. The lowest BCUT2D eigenvalue weighted by atomic mass is 9.99. The van der Waals surface area contributed by atoms with Gasteiger partial charge >= 0.3 is 6.01 Å². The lowest BCUT2D eigenvalue weighted by Gasteiger charge is -2.34. The van der Waals surface area contributed by atoms with E-state index in [1.165, 1.54) is 0 Å². The number of aryl methyl sites for hydroxylation is 1. The first-order valence-electron chi connectivity index (χ1n) is 13.7. The van der Waals surface area contributed by atoms with Crippen molar-refractivity contribution in [3.8, 4) is 17.3 Å². The number of hydrogen-bond donors (Lipinski definition) is 1. The second-order valence-corrected chi connectivity index (χ2v) is 11.2. The highest BCUT2D eigenvalue weighted by Crippen LogP contribution is 2.36. The molecule has 196 valence electrons. The average Bonchev–Trinajstić information content (AvgIpc) is 3.50. The van der Waals surface area contributed by atoms with E-state index in [1.54, 1.807) is 6.20 Å². The lowest BCUT2D eigenvalue weighted by molar-refractivity contribution is 0.188. The predicted molar refractivity (Wildman–Crippen MR) is 148 cm³/mol. The van der Waals surface area contributed by atoms with E-state index in [9.17, 15) is 0 Å². The summed E-state index contributed by atoms with van der Waals surface area (Å²) in [4.78, 5) is 18.7. The molecule has 0 saturated carbocycles. The summed E-state index contributed by atoms with van der Waals surface area (Å²) in [5.74, 6) is 0.288. The molecular weight excluding hydrogens is 479 g/mol. The van der Waals surface area contributed by atoms with Gasteiger partial charge in [0.25, 0.3) is 0 Å². The fourth-order valence-electron chi connectivity index (χ4n) is 6.44. The maximum Gasteiger partial charge on any atom is 0.319 e. The molecule has 1 unspecified atom stereocenters. The Morgan fingerprint density at radius 1 is 1.05 bits per heavy atom. The fourth-order valence-corrected chi connectivity index (χ4v) is 6.44. The second-order valence-electron chi connectivity index (χ2n) is 11.2. The van der Waals surface area contributed by atoms with Crippen molar-refractivity contribution in [2.45, 2.75) is 50.7 Å². The number of anilines is 1. The van der Waals surface area contributed by atoms with Gasteiger partial charge in [-0.15, -0.1) is 0 Å². The summed E-state index contributed by atoms with van der Waals surface area (Å²) in [6.45, 7) is 5.27. The number of piperazine rings is 1. The lowest BCUT2D eigenvalue weighted by Crippen LogP contribution is -2.51. The van der Waals surface area contributed by atoms with E-state index in [-0.39, 0.29) is 11.5 Å². The molecule has 3 aliphatic rings. The van der Waals surface area contributed by atoms with Gasteiger partial charge in [0.2, 0.25) is 0 Å². The standard InChI is InChI=1S/C30H33FN6O/c1-18-8-9-19-5-3-7-23(24(19)13-18)27-26(31)28-25(14-32-27)29(37-15-20-10-11-21(16-37)33-20)35-30(34-28)38-17-22-6-4-12-36(22)2/h3,5,7-9,13-14,20-22,33H,4,6,10-12,15-17H2,1-2H3/t20-,21+,22?. The van der Waals surface area contributed by atoms with Crippen LogP contribution in [0.3, 0.4) is 0 Å². The molecule has 0 spiro atoms. The quantitative estimate of drug-likeness (QED) is 0.416. The summed E-state index contributed by atoms with van der Waals surface area (Å²) in [5, 5.41) is 6.34. The zero-order valence-corrected chi connectivity index (χ0v) is 22.0. The van der Waals surface area contributed by atoms with E-state index >= 15 is 4.39 Å². The molecule has 3 atom stereocenters. The largest absolute Gasteiger partial charge is 0.462 e. The van der Waals surface area contributed by atoms with Crippen molar-refractivity contribution in [2.24, 2.45) is 0 Å². The number of benzene rings is 2. The van der Waals surface area contributed by atoms with Crippen LogP contribution in [0, 0.1) is 12.7 Å². The van der Waals surface area contributed by atoms with Gasteiger partial charge in [0.05, 0.1) is 5.39 Å². The van der Waals surface area contributed by atoms with Crippen LogP contribution < -0.4 is 15.0 Å². The summed E-state index contributed by atoms with van der Waals surface area (Å²) in [7, 11) is 2.12. The molecule has 3 saturated heterocycles. The number of nitrogens with zero attached hydrogens (tertiary/aromatic N) is 5. The van der Waals surface area contributed by atoms with Gasteiger partial charge < -0.3 is 19.9 Å². The van der Waals surface area contributed by atoms with Gasteiger partial charge in [0.1, 0.15) is 23.6 Å². The number of fused-ring (bicyclic) bond motifs is 4. The Balaban J connectivity index is 1.35. The van der Waals surface area contributed by atoms with Gasteiger partial charge in [0.15, 0.2) is 5.82 Å². The van der Waals surface area contributed by atoms with Gasteiger partial charge in [-0.25, -0.2) is 4.39 Å². The summed E-state index contributed by atoms with van der Waals surface area (Å²) in [5.41, 5.74) is 2.46. The first-order valence-corrected chi connectivity index (χ1v) is 13.7. The summed E-state index contributed by atoms with van der Waals surface area (Å²) in [6, 6.07) is 13.6. The number of likely N-dealkylation sites (N-methyl/N-ethyl adjacent to an activating group) is 1. The highest BCUT2D eigenvalue weighted by atomic mass is 19.1. The third kappa shape index (κ3) is 4.16. The number of nitrogens with one attached hydrogen (secondary N) is 1. The zero-order valence-electron chi connectivity index (χ0n) is 22.0. The van der Waals surface area contributed by atoms with Gasteiger partial charge in [0, 0.05) is 43.0 Å². The molecule has 4 aromatic rings. The maximum atomic E-state index is 16.4. The smallest absolute Gasteiger partial charge is 0.319 e. The molecule has 2 bridgehead atoms.